The summed E-state index contributed by atoms with van der Waals surface area (Å²) in [7, 11) is 0. The van der Waals surface area contributed by atoms with Crippen molar-refractivity contribution in [1.29, 1.82) is 0 Å². The monoisotopic (exact) mass is 331 g/mol. The smallest absolute Gasteiger partial charge is 0.270 e. The number of aromatic nitrogens is 2. The molecule has 2 rings (SSSR count). The minimum atomic E-state index is -1.84. The van der Waals surface area contributed by atoms with Gasteiger partial charge in [-0.25, -0.2) is 9.49 Å². The number of hydrogen-bond donors (Lipinski definition) is 2. The number of ether oxygens (including phenoxy) is 1. The van der Waals surface area contributed by atoms with E-state index in [9.17, 15) is 9.18 Å². The van der Waals surface area contributed by atoms with Crippen molar-refractivity contribution in [2.45, 2.75) is 19.5 Å². The summed E-state index contributed by atoms with van der Waals surface area (Å²) < 4.78 is 19.4. The van der Waals surface area contributed by atoms with Gasteiger partial charge >= 0.3 is 0 Å². The number of benzene rings is 1. The van der Waals surface area contributed by atoms with Gasteiger partial charge in [0.25, 0.3) is 5.56 Å². The highest BCUT2D eigenvalue weighted by molar-refractivity contribution is 6.37. The van der Waals surface area contributed by atoms with Crippen LogP contribution in [0.4, 0.5) is 10.1 Å². The summed E-state index contributed by atoms with van der Waals surface area (Å²) in [5.74, 6) is 0.0820. The molecule has 1 heterocycles. The van der Waals surface area contributed by atoms with E-state index in [2.05, 4.69) is 10.2 Å². The Balaban J connectivity index is 2.44. The Labute approximate surface area is 129 Å². The van der Waals surface area contributed by atoms with Gasteiger partial charge in [0.15, 0.2) is 5.75 Å². The van der Waals surface area contributed by atoms with E-state index in [0.29, 0.717) is 5.69 Å². The van der Waals surface area contributed by atoms with Gasteiger partial charge in [0.1, 0.15) is 5.67 Å². The summed E-state index contributed by atoms with van der Waals surface area (Å²) in [6.07, 6.45) is 0. The van der Waals surface area contributed by atoms with Gasteiger partial charge in [0.05, 0.1) is 15.6 Å². The van der Waals surface area contributed by atoms with Gasteiger partial charge in [0.2, 0.25) is 5.88 Å². The largest absolute Gasteiger partial charge is 0.434 e. The molecule has 0 spiro atoms. The fraction of sp³-hybridized carbons (Fsp3) is 0.231. The molecule has 0 saturated heterocycles. The lowest BCUT2D eigenvalue weighted by Crippen LogP contribution is -2.24. The molecule has 1 aromatic carbocycles. The predicted octanol–water partition coefficient (Wildman–Crippen LogP) is 3.66. The van der Waals surface area contributed by atoms with Gasteiger partial charge in [-0.15, -0.1) is 5.10 Å². The van der Waals surface area contributed by atoms with E-state index in [-0.39, 0.29) is 27.2 Å². The summed E-state index contributed by atoms with van der Waals surface area (Å²) in [5, 5.41) is 6.19. The Kier molecular flexibility index (Phi) is 4.11. The Morgan fingerprint density at radius 2 is 1.86 bits per heavy atom. The molecular formula is C13H12Cl2FN3O2. The summed E-state index contributed by atoms with van der Waals surface area (Å²) in [6, 6.07) is 4.10. The number of nitrogens with zero attached hydrogens (tertiary/aromatic N) is 1. The first-order valence-electron chi connectivity index (χ1n) is 5.90. The van der Waals surface area contributed by atoms with E-state index in [1.807, 2.05) is 0 Å². The minimum Gasteiger partial charge on any atom is -0.434 e. The SMILES string of the molecule is CC(C)(F)c1cc(Oc2c(Cl)cc(N)cc2Cl)n[nH]c1=O. The lowest BCUT2D eigenvalue weighted by atomic mass is 10.0. The van der Waals surface area contributed by atoms with Crippen molar-refractivity contribution in [1.82, 2.24) is 10.2 Å². The zero-order valence-corrected chi connectivity index (χ0v) is 12.7. The van der Waals surface area contributed by atoms with Crippen molar-refractivity contribution < 1.29 is 9.13 Å². The van der Waals surface area contributed by atoms with Gasteiger partial charge < -0.3 is 10.5 Å². The van der Waals surface area contributed by atoms with Crippen molar-refractivity contribution >= 4 is 28.9 Å². The lowest BCUT2D eigenvalue weighted by Gasteiger charge is -2.14. The van der Waals surface area contributed by atoms with E-state index in [4.69, 9.17) is 33.7 Å². The molecule has 1 aromatic heterocycles. The van der Waals surface area contributed by atoms with Crippen LogP contribution in [0.15, 0.2) is 23.0 Å². The number of anilines is 1. The Bertz CT molecular complexity index is 718. The number of nitrogens with one attached hydrogen (secondary N) is 1. The first-order valence-corrected chi connectivity index (χ1v) is 6.65. The Morgan fingerprint density at radius 1 is 1.29 bits per heavy atom. The standard InChI is InChI=1S/C13H12Cl2FN3O2/c1-13(2,16)7-5-10(18-19-12(7)20)21-11-8(14)3-6(17)4-9(11)15/h3-5H,17H2,1-2H3,(H,19,20). The van der Waals surface area contributed by atoms with Crippen LogP contribution in [0.1, 0.15) is 19.4 Å². The number of alkyl halides is 1. The summed E-state index contributed by atoms with van der Waals surface area (Å²) in [6.45, 7) is 2.51. The number of halogens is 3. The number of aromatic amines is 1. The third kappa shape index (κ3) is 3.46. The molecule has 0 aliphatic carbocycles. The number of H-pyrrole nitrogens is 1. The molecule has 0 bridgehead atoms. The van der Waals surface area contributed by atoms with Gasteiger partial charge in [-0.2, -0.15) is 0 Å². The third-order valence-corrected chi connectivity index (χ3v) is 3.21. The lowest BCUT2D eigenvalue weighted by molar-refractivity contribution is 0.217. The van der Waals surface area contributed by atoms with E-state index < -0.39 is 11.2 Å². The normalized spacial score (nSPS) is 11.5. The van der Waals surface area contributed by atoms with Crippen LogP contribution >= 0.6 is 23.2 Å². The topological polar surface area (TPSA) is 81.0 Å². The molecule has 0 aliphatic heterocycles. The van der Waals surface area contributed by atoms with Crippen molar-refractivity contribution in [2.75, 3.05) is 5.73 Å². The van der Waals surface area contributed by atoms with Crippen molar-refractivity contribution in [2.24, 2.45) is 0 Å². The van der Waals surface area contributed by atoms with Crippen LogP contribution in [0.25, 0.3) is 0 Å². The maximum atomic E-state index is 13.9. The fourth-order valence-corrected chi connectivity index (χ4v) is 2.24. The summed E-state index contributed by atoms with van der Waals surface area (Å²) in [4.78, 5) is 11.6. The maximum absolute atomic E-state index is 13.9. The quantitative estimate of drug-likeness (QED) is 0.841. The summed E-state index contributed by atoms with van der Waals surface area (Å²) >= 11 is 12.0. The van der Waals surface area contributed by atoms with Crippen molar-refractivity contribution in [3.63, 3.8) is 0 Å². The first kappa shape index (κ1) is 15.6. The van der Waals surface area contributed by atoms with Crippen LogP contribution < -0.4 is 16.0 Å². The van der Waals surface area contributed by atoms with E-state index in [1.54, 1.807) is 0 Å². The molecule has 0 fully saturated rings. The van der Waals surface area contributed by atoms with Crippen molar-refractivity contribution in [3.05, 3.63) is 44.2 Å². The zero-order valence-electron chi connectivity index (χ0n) is 11.2. The van der Waals surface area contributed by atoms with E-state index >= 15 is 0 Å². The second kappa shape index (κ2) is 5.54. The van der Waals surface area contributed by atoms with Crippen LogP contribution in [-0.2, 0) is 5.67 Å². The molecule has 0 atom stereocenters. The highest BCUT2D eigenvalue weighted by atomic mass is 35.5. The summed E-state index contributed by atoms with van der Waals surface area (Å²) in [5.41, 5.74) is 3.36. The Hall–Kier alpha value is -1.79. The number of nitrogens with two attached hydrogens (primary N) is 1. The molecule has 112 valence electrons. The van der Waals surface area contributed by atoms with Crippen LogP contribution in [-0.4, -0.2) is 10.2 Å². The molecule has 3 N–H and O–H groups in total. The second-order valence-corrected chi connectivity index (χ2v) is 5.65. The zero-order chi connectivity index (χ0) is 15.8. The first-order chi connectivity index (χ1) is 9.68. The van der Waals surface area contributed by atoms with Gasteiger partial charge in [-0.3, -0.25) is 4.79 Å². The van der Waals surface area contributed by atoms with E-state index in [0.717, 1.165) is 0 Å². The second-order valence-electron chi connectivity index (χ2n) is 4.84. The number of rotatable bonds is 3. The average molecular weight is 332 g/mol. The molecule has 2 aromatic rings. The molecule has 0 amide bonds. The van der Waals surface area contributed by atoms with Crippen LogP contribution in [0.3, 0.4) is 0 Å². The number of hydrogen-bond acceptors (Lipinski definition) is 4. The highest BCUT2D eigenvalue weighted by Crippen LogP contribution is 2.37. The molecule has 0 radical (unpaired) electrons. The Morgan fingerprint density at radius 3 is 2.38 bits per heavy atom. The minimum absolute atomic E-state index is 0.0381. The average Bonchev–Trinajstić information content (AvgIpc) is 2.34. The molecule has 0 unspecified atom stereocenters. The van der Waals surface area contributed by atoms with E-state index in [1.165, 1.54) is 32.0 Å². The highest BCUT2D eigenvalue weighted by Gasteiger charge is 2.24. The predicted molar refractivity (Wildman–Crippen MR) is 79.9 cm³/mol. The maximum Gasteiger partial charge on any atom is 0.270 e. The molecular weight excluding hydrogens is 320 g/mol. The molecule has 5 nitrogen and oxygen atoms in total. The van der Waals surface area contributed by atoms with Crippen LogP contribution in [0, 0.1) is 0 Å². The van der Waals surface area contributed by atoms with Crippen LogP contribution in [0.5, 0.6) is 11.6 Å². The molecule has 21 heavy (non-hydrogen) atoms. The molecule has 8 heteroatoms. The van der Waals surface area contributed by atoms with Gasteiger partial charge in [-0.05, 0) is 26.0 Å². The van der Waals surface area contributed by atoms with Gasteiger partial charge in [0, 0.05) is 11.8 Å². The number of nitrogen functional groups attached to an aromatic ring is 1. The fourth-order valence-electron chi connectivity index (χ4n) is 1.66. The van der Waals surface area contributed by atoms with Crippen LogP contribution in [0.2, 0.25) is 10.0 Å². The molecule has 0 aliphatic rings. The van der Waals surface area contributed by atoms with Crippen molar-refractivity contribution in [3.8, 4) is 11.6 Å². The molecule has 0 saturated carbocycles. The van der Waals surface area contributed by atoms with Gasteiger partial charge in [-0.1, -0.05) is 23.2 Å². The third-order valence-electron chi connectivity index (χ3n) is 2.65.